The number of benzene rings is 3. The third kappa shape index (κ3) is 5.43. The van der Waals surface area contributed by atoms with Crippen LogP contribution in [0.5, 0.6) is 0 Å². The van der Waals surface area contributed by atoms with E-state index < -0.39 is 0 Å². The minimum Gasteiger partial charge on any atom is 0.0293 e. The van der Waals surface area contributed by atoms with Crippen LogP contribution in [0.4, 0.5) is 5.69 Å². The summed E-state index contributed by atoms with van der Waals surface area (Å²) in [6.07, 6.45) is 4.37. The number of hydrogen-bond donors (Lipinski definition) is 1. The van der Waals surface area contributed by atoms with Crippen molar-refractivity contribution in [3.05, 3.63) is 87.6 Å². The van der Waals surface area contributed by atoms with Gasteiger partial charge in [-0.2, -0.15) is 0 Å². The van der Waals surface area contributed by atoms with Gasteiger partial charge in [-0.25, -0.2) is 0 Å². The van der Waals surface area contributed by atoms with Crippen LogP contribution in [-0.4, -0.2) is 39.2 Å². The van der Waals surface area contributed by atoms with Crippen LogP contribution >= 0.6 is 0 Å². The molecule has 6 heteroatoms. The molecular formula is C28H26N2O3Se. The van der Waals surface area contributed by atoms with Gasteiger partial charge in [0.15, 0.2) is 11.2 Å². The summed E-state index contributed by atoms with van der Waals surface area (Å²) < 4.78 is 8.78. The topological polar surface area (TPSA) is 71.7 Å². The molecule has 0 aromatic heterocycles. The molecule has 4 rings (SSSR count). The molecule has 0 spiro atoms. The van der Waals surface area contributed by atoms with Crippen molar-refractivity contribution < 1.29 is 9.21 Å². The summed E-state index contributed by atoms with van der Waals surface area (Å²) in [5.74, 6) is 0.338. The van der Waals surface area contributed by atoms with E-state index >= 15 is 0 Å². The van der Waals surface area contributed by atoms with Gasteiger partial charge in [-0.05, 0) is 24.6 Å². The van der Waals surface area contributed by atoms with Gasteiger partial charge in [0, 0.05) is 28.1 Å². The molecule has 2 aliphatic rings. The van der Waals surface area contributed by atoms with Crippen molar-refractivity contribution in [2.45, 2.75) is 32.6 Å². The van der Waals surface area contributed by atoms with E-state index in [0.717, 1.165) is 55.4 Å². The Hall–Kier alpha value is -3.30. The molecule has 0 bridgehead atoms. The van der Waals surface area contributed by atoms with Gasteiger partial charge in [0.1, 0.15) is 5.76 Å². The number of rotatable bonds is 10. The number of aliphatic imine (C=N–C) groups is 1. The summed E-state index contributed by atoms with van der Waals surface area (Å²) in [5, 5.41) is 4.17. The van der Waals surface area contributed by atoms with Crippen molar-refractivity contribution in [2.75, 3.05) is 18.4 Å². The molecule has 2 aromatic rings. The molecule has 0 saturated heterocycles. The van der Waals surface area contributed by atoms with Crippen LogP contribution in [0, 0.1) is 6.92 Å². The first-order valence-corrected chi connectivity index (χ1v) is 12.3. The Bertz CT molecular complexity index is 1400. The molecule has 1 aliphatic carbocycles. The molecule has 0 atom stereocenters. The maximum atomic E-state index is 13.7. The zero-order valence-corrected chi connectivity index (χ0v) is 20.8. The molecular weight excluding hydrogens is 491 g/mol. The van der Waals surface area contributed by atoms with Gasteiger partial charge in [0.2, 0.25) is 0 Å². The smallest absolute Gasteiger partial charge is 0.0293 e. The monoisotopic (exact) mass is 518 g/mol. The summed E-state index contributed by atoms with van der Waals surface area (Å²) in [7, 11) is 0. The fourth-order valence-electron chi connectivity index (χ4n) is 4.14. The van der Waals surface area contributed by atoms with Crippen molar-refractivity contribution in [1.82, 2.24) is 0 Å². The van der Waals surface area contributed by atoms with Crippen molar-refractivity contribution >= 4 is 42.7 Å². The van der Waals surface area contributed by atoms with E-state index in [1.807, 2.05) is 49.4 Å². The second kappa shape index (κ2) is 11.2. The van der Waals surface area contributed by atoms with E-state index in [2.05, 4.69) is 30.6 Å². The van der Waals surface area contributed by atoms with Crippen molar-refractivity contribution in [3.63, 3.8) is 0 Å². The number of carbonyl (C=O) groups is 1. The summed E-state index contributed by atoms with van der Waals surface area (Å²) in [6.45, 7) is 3.59. The Balaban J connectivity index is 1.63. The predicted molar refractivity (Wildman–Crippen MR) is 139 cm³/mol. The van der Waals surface area contributed by atoms with Gasteiger partial charge in [-0.15, -0.1) is 0 Å². The summed E-state index contributed by atoms with van der Waals surface area (Å²) in [5.41, 5.74) is 4.09. The molecule has 1 heterocycles. The van der Waals surface area contributed by atoms with Gasteiger partial charge >= 0.3 is 98.8 Å². The van der Waals surface area contributed by atoms with Gasteiger partial charge < -0.3 is 4.42 Å². The maximum absolute atomic E-state index is 13.7. The molecule has 1 aliphatic heterocycles. The van der Waals surface area contributed by atoms with Crippen LogP contribution in [0.1, 0.15) is 47.2 Å². The molecule has 0 amide bonds. The molecule has 0 saturated carbocycles. The third-order valence-corrected chi connectivity index (χ3v) is 6.17. The summed E-state index contributed by atoms with van der Waals surface area (Å²) in [6, 6.07) is 17.9. The van der Waals surface area contributed by atoms with E-state index in [9.17, 15) is 9.59 Å². The SMILES string of the molecule is Cc1ccccc1C(=O)c1c2ccc(=O)cc-2oc2cc(NCCCCCCN=C=[Se])ccc12. The first-order valence-electron chi connectivity index (χ1n) is 11.5. The zero-order valence-electron chi connectivity index (χ0n) is 19.1. The van der Waals surface area contributed by atoms with E-state index in [0.29, 0.717) is 28.0 Å². The van der Waals surface area contributed by atoms with Gasteiger partial charge in [0.25, 0.3) is 0 Å². The zero-order chi connectivity index (χ0) is 23.9. The number of carbonyl (C=O) groups excluding carboxylic acids is 1. The minimum absolute atomic E-state index is 0.0776. The van der Waals surface area contributed by atoms with Crippen LogP contribution in [-0.2, 0) is 0 Å². The number of unbranched alkanes of at least 4 members (excludes halogenated alkanes) is 3. The van der Waals surface area contributed by atoms with Crippen LogP contribution in [0.15, 0.2) is 74.9 Å². The Morgan fingerprint density at radius 2 is 1.85 bits per heavy atom. The fraction of sp³-hybridized carbons (Fsp3) is 0.250. The van der Waals surface area contributed by atoms with E-state index in [1.165, 1.54) is 12.1 Å². The van der Waals surface area contributed by atoms with Crippen LogP contribution in [0.2, 0.25) is 0 Å². The molecule has 1 N–H and O–H groups in total. The first kappa shape index (κ1) is 23.8. The Morgan fingerprint density at radius 3 is 2.68 bits per heavy atom. The number of nitrogens with zero attached hydrogens (tertiary/aromatic N) is 1. The molecule has 34 heavy (non-hydrogen) atoms. The molecule has 2 aromatic carbocycles. The summed E-state index contributed by atoms with van der Waals surface area (Å²) in [4.78, 5) is 29.7. The Kier molecular flexibility index (Phi) is 7.87. The average Bonchev–Trinajstić information content (AvgIpc) is 2.84. The minimum atomic E-state index is -0.153. The van der Waals surface area contributed by atoms with Gasteiger partial charge in [0.05, 0.1) is 0 Å². The second-order valence-corrected chi connectivity index (χ2v) is 8.69. The third-order valence-electron chi connectivity index (χ3n) is 5.90. The molecule has 0 fully saturated rings. The molecule has 5 nitrogen and oxygen atoms in total. The second-order valence-electron chi connectivity index (χ2n) is 8.30. The Morgan fingerprint density at radius 1 is 1.03 bits per heavy atom. The quantitative estimate of drug-likeness (QED) is 0.0994. The number of hydrogen-bond acceptors (Lipinski definition) is 5. The van der Waals surface area contributed by atoms with Gasteiger partial charge in [-0.1, -0.05) is 24.3 Å². The van der Waals surface area contributed by atoms with Crippen molar-refractivity contribution in [1.29, 1.82) is 0 Å². The van der Waals surface area contributed by atoms with E-state index in [4.69, 9.17) is 4.42 Å². The standard InChI is InChI=1S/C28H26N2O3Se/c1-19-8-4-5-9-22(19)28(32)27-23-12-10-20(30-15-7-3-2-6-14-29-18-34)16-25(23)33-26-17-21(31)11-13-24(26)27/h4-5,8-13,16-17,30H,2-3,6-7,14-15H2,1H3. The number of anilines is 1. The molecule has 172 valence electrons. The fourth-order valence-corrected chi connectivity index (χ4v) is 4.33. The van der Waals surface area contributed by atoms with E-state index in [1.54, 1.807) is 6.07 Å². The van der Waals surface area contributed by atoms with Crippen LogP contribution in [0.25, 0.3) is 22.3 Å². The van der Waals surface area contributed by atoms with Gasteiger partial charge in [-0.3, -0.25) is 9.59 Å². The number of nitrogens with one attached hydrogen (secondary N) is 1. The molecule has 0 radical (unpaired) electrons. The first-order chi connectivity index (χ1) is 16.6. The average molecular weight is 517 g/mol. The van der Waals surface area contributed by atoms with Crippen molar-refractivity contribution in [2.24, 2.45) is 4.99 Å². The van der Waals surface area contributed by atoms with Crippen LogP contribution < -0.4 is 10.7 Å². The molecule has 0 unspecified atom stereocenters. The predicted octanol–water partition coefficient (Wildman–Crippen LogP) is 5.48. The van der Waals surface area contributed by atoms with E-state index in [-0.39, 0.29) is 11.2 Å². The number of ketones is 1. The normalized spacial score (nSPS) is 10.9. The Labute approximate surface area is 206 Å². The number of aryl methyl sites for hydroxylation is 1. The van der Waals surface area contributed by atoms with Crippen molar-refractivity contribution in [3.8, 4) is 11.3 Å². The van der Waals surface area contributed by atoms with Crippen LogP contribution in [0.3, 0.4) is 0 Å². The number of fused-ring (bicyclic) bond motifs is 2. The summed E-state index contributed by atoms with van der Waals surface area (Å²) >= 11 is 2.65.